The lowest BCUT2D eigenvalue weighted by atomic mass is 9.83. The zero-order valence-electron chi connectivity index (χ0n) is 21.4. The SMILES string of the molecule is CN[C@@H](CC(C)C)C(=O)N[C@H](C(=O)N[C@@H](CNC(=O)OCc1ccccc1)C(=O)O)C1CCCCC1. The molecule has 0 spiro atoms. The summed E-state index contributed by atoms with van der Waals surface area (Å²) in [7, 11) is 1.70. The molecule has 1 aromatic carbocycles. The first-order valence-electron chi connectivity index (χ1n) is 12.7. The molecule has 3 amide bonds. The number of amides is 3. The number of benzene rings is 1. The second-order valence-corrected chi connectivity index (χ2v) is 9.70. The third-order valence-corrected chi connectivity index (χ3v) is 6.35. The topological polar surface area (TPSA) is 146 Å². The summed E-state index contributed by atoms with van der Waals surface area (Å²) >= 11 is 0. The maximum atomic E-state index is 13.2. The Kier molecular flexibility index (Phi) is 12.2. The third kappa shape index (κ3) is 9.85. The van der Waals surface area contributed by atoms with Crippen LogP contribution in [0.3, 0.4) is 0 Å². The predicted octanol–water partition coefficient (Wildman–Crippen LogP) is 2.18. The molecule has 5 N–H and O–H groups in total. The van der Waals surface area contributed by atoms with Crippen LogP contribution in [0.2, 0.25) is 0 Å². The molecule has 1 aromatic rings. The summed E-state index contributed by atoms with van der Waals surface area (Å²) < 4.78 is 5.11. The van der Waals surface area contributed by atoms with E-state index in [1.54, 1.807) is 19.2 Å². The second kappa shape index (κ2) is 15.1. The molecule has 0 radical (unpaired) electrons. The minimum absolute atomic E-state index is 0.0373. The molecule has 0 heterocycles. The van der Waals surface area contributed by atoms with Crippen molar-refractivity contribution in [3.8, 4) is 0 Å². The summed E-state index contributed by atoms with van der Waals surface area (Å²) in [5.41, 5.74) is 0.791. The van der Waals surface area contributed by atoms with Crippen molar-refractivity contribution >= 4 is 23.9 Å². The number of carboxylic acids is 1. The molecule has 0 unspecified atom stereocenters. The van der Waals surface area contributed by atoms with E-state index in [1.807, 2.05) is 32.0 Å². The van der Waals surface area contributed by atoms with Gasteiger partial charge in [-0.1, -0.05) is 63.4 Å². The van der Waals surface area contributed by atoms with E-state index in [9.17, 15) is 24.3 Å². The molecule has 0 bridgehead atoms. The van der Waals surface area contributed by atoms with Crippen LogP contribution in [0.4, 0.5) is 4.79 Å². The highest BCUT2D eigenvalue weighted by molar-refractivity contribution is 5.92. The van der Waals surface area contributed by atoms with Crippen molar-refractivity contribution < 1.29 is 29.0 Å². The van der Waals surface area contributed by atoms with E-state index < -0.39 is 36.1 Å². The van der Waals surface area contributed by atoms with E-state index in [2.05, 4.69) is 21.3 Å². The van der Waals surface area contributed by atoms with Crippen LogP contribution in [-0.4, -0.2) is 60.7 Å². The van der Waals surface area contributed by atoms with Crippen molar-refractivity contribution in [1.82, 2.24) is 21.3 Å². The number of likely N-dealkylation sites (N-methyl/N-ethyl adjacent to an activating group) is 1. The minimum atomic E-state index is -1.37. The van der Waals surface area contributed by atoms with Gasteiger partial charge in [0.1, 0.15) is 18.7 Å². The Morgan fingerprint density at radius 1 is 0.972 bits per heavy atom. The molecule has 1 aliphatic rings. The Morgan fingerprint density at radius 2 is 1.64 bits per heavy atom. The van der Waals surface area contributed by atoms with Crippen LogP contribution in [0, 0.1) is 11.8 Å². The van der Waals surface area contributed by atoms with Crippen LogP contribution in [-0.2, 0) is 25.7 Å². The monoisotopic (exact) mass is 504 g/mol. The van der Waals surface area contributed by atoms with E-state index >= 15 is 0 Å². The molecule has 1 aliphatic carbocycles. The lowest BCUT2D eigenvalue weighted by molar-refractivity contribution is -0.142. The predicted molar refractivity (Wildman–Crippen MR) is 135 cm³/mol. The number of rotatable bonds is 13. The van der Waals surface area contributed by atoms with Crippen molar-refractivity contribution in [2.75, 3.05) is 13.6 Å². The van der Waals surface area contributed by atoms with Gasteiger partial charge in [0.2, 0.25) is 11.8 Å². The van der Waals surface area contributed by atoms with Gasteiger partial charge >= 0.3 is 12.1 Å². The highest BCUT2D eigenvalue weighted by Gasteiger charge is 2.34. The van der Waals surface area contributed by atoms with Gasteiger partial charge in [-0.05, 0) is 43.7 Å². The molecular formula is C26H40N4O6. The van der Waals surface area contributed by atoms with Crippen molar-refractivity contribution in [1.29, 1.82) is 0 Å². The summed E-state index contributed by atoms with van der Waals surface area (Å²) in [6.07, 6.45) is 4.32. The maximum Gasteiger partial charge on any atom is 0.407 e. The zero-order chi connectivity index (χ0) is 26.5. The molecular weight excluding hydrogens is 464 g/mol. The molecule has 0 aromatic heterocycles. The Bertz CT molecular complexity index is 857. The van der Waals surface area contributed by atoms with Gasteiger partial charge in [-0.15, -0.1) is 0 Å². The summed E-state index contributed by atoms with van der Waals surface area (Å²) in [6, 6.07) is 6.38. The quantitative estimate of drug-likeness (QED) is 0.277. The number of carbonyl (C=O) groups is 4. The normalized spacial score (nSPS) is 16.4. The second-order valence-electron chi connectivity index (χ2n) is 9.70. The molecule has 10 nitrogen and oxygen atoms in total. The third-order valence-electron chi connectivity index (χ3n) is 6.35. The van der Waals surface area contributed by atoms with Gasteiger partial charge in [0, 0.05) is 0 Å². The first kappa shape index (κ1) is 29.1. The highest BCUT2D eigenvalue weighted by atomic mass is 16.5. The molecule has 10 heteroatoms. The average Bonchev–Trinajstić information content (AvgIpc) is 2.87. The Morgan fingerprint density at radius 3 is 2.22 bits per heavy atom. The van der Waals surface area contributed by atoms with E-state index in [-0.39, 0.29) is 30.9 Å². The molecule has 0 aliphatic heterocycles. The number of alkyl carbamates (subject to hydrolysis) is 1. The van der Waals surface area contributed by atoms with Gasteiger partial charge in [-0.3, -0.25) is 9.59 Å². The zero-order valence-corrected chi connectivity index (χ0v) is 21.4. The first-order chi connectivity index (χ1) is 17.2. The van der Waals surface area contributed by atoms with Crippen LogP contribution in [0.15, 0.2) is 30.3 Å². The lowest BCUT2D eigenvalue weighted by Gasteiger charge is -2.32. The summed E-state index contributed by atoms with van der Waals surface area (Å²) in [6.45, 7) is 3.71. The van der Waals surface area contributed by atoms with Crippen LogP contribution >= 0.6 is 0 Å². The van der Waals surface area contributed by atoms with Gasteiger partial charge in [-0.25, -0.2) is 9.59 Å². The van der Waals surface area contributed by atoms with E-state index in [0.29, 0.717) is 6.42 Å². The molecule has 3 atom stereocenters. The fourth-order valence-electron chi connectivity index (χ4n) is 4.37. The van der Waals surface area contributed by atoms with Gasteiger partial charge in [0.05, 0.1) is 12.6 Å². The van der Waals surface area contributed by atoms with Gasteiger partial charge < -0.3 is 31.1 Å². The van der Waals surface area contributed by atoms with Gasteiger partial charge in [0.15, 0.2) is 0 Å². The van der Waals surface area contributed by atoms with Crippen molar-refractivity contribution in [2.24, 2.45) is 11.8 Å². The fourth-order valence-corrected chi connectivity index (χ4v) is 4.37. The van der Waals surface area contributed by atoms with Crippen molar-refractivity contribution in [3.63, 3.8) is 0 Å². The Hall–Kier alpha value is -3.14. The van der Waals surface area contributed by atoms with Crippen LogP contribution in [0.1, 0.15) is 57.9 Å². The Labute approximate surface area is 212 Å². The molecule has 0 saturated heterocycles. The fraction of sp³-hybridized carbons (Fsp3) is 0.615. The molecule has 36 heavy (non-hydrogen) atoms. The number of ether oxygens (including phenoxy) is 1. The summed E-state index contributed by atoms with van der Waals surface area (Å²) in [4.78, 5) is 50.0. The van der Waals surface area contributed by atoms with E-state index in [4.69, 9.17) is 4.74 Å². The first-order valence-corrected chi connectivity index (χ1v) is 12.7. The van der Waals surface area contributed by atoms with Crippen LogP contribution in [0.25, 0.3) is 0 Å². The number of carbonyl (C=O) groups excluding carboxylic acids is 3. The summed E-state index contributed by atoms with van der Waals surface area (Å²) in [5.74, 6) is -1.96. The molecule has 200 valence electrons. The summed E-state index contributed by atoms with van der Waals surface area (Å²) in [5, 5.41) is 20.4. The number of nitrogens with one attached hydrogen (secondary N) is 4. The minimum Gasteiger partial charge on any atom is -0.480 e. The number of hydrogen-bond acceptors (Lipinski definition) is 6. The van der Waals surface area contributed by atoms with Gasteiger partial charge in [-0.2, -0.15) is 0 Å². The molecule has 1 saturated carbocycles. The maximum absolute atomic E-state index is 13.2. The smallest absolute Gasteiger partial charge is 0.407 e. The highest BCUT2D eigenvalue weighted by Crippen LogP contribution is 2.27. The Balaban J connectivity index is 2.00. The lowest BCUT2D eigenvalue weighted by Crippen LogP contribution is -2.59. The van der Waals surface area contributed by atoms with E-state index in [0.717, 1.165) is 37.7 Å². The molecule has 2 rings (SSSR count). The molecule has 1 fully saturated rings. The van der Waals surface area contributed by atoms with Crippen LogP contribution in [0.5, 0.6) is 0 Å². The largest absolute Gasteiger partial charge is 0.480 e. The van der Waals surface area contributed by atoms with E-state index in [1.165, 1.54) is 0 Å². The van der Waals surface area contributed by atoms with Gasteiger partial charge in [0.25, 0.3) is 0 Å². The van der Waals surface area contributed by atoms with Crippen molar-refractivity contribution in [3.05, 3.63) is 35.9 Å². The number of aliphatic carboxylic acids is 1. The average molecular weight is 505 g/mol. The number of hydrogen-bond donors (Lipinski definition) is 5. The standard InChI is InChI=1S/C26H40N4O6/c1-17(2)14-20(27-3)23(31)30-22(19-12-8-5-9-13-19)24(32)29-21(25(33)34)15-28-26(35)36-16-18-10-6-4-7-11-18/h4,6-7,10-11,17,19-22,27H,5,8-9,12-16H2,1-3H3,(H,28,35)(H,29,32)(H,30,31)(H,33,34)/t20-,21-,22-/m0/s1. The number of carboxylic acid groups (broad SMARTS) is 1. The van der Waals surface area contributed by atoms with Crippen molar-refractivity contribution in [2.45, 2.75) is 77.1 Å². The van der Waals surface area contributed by atoms with Crippen LogP contribution < -0.4 is 21.3 Å².